The lowest BCUT2D eigenvalue weighted by molar-refractivity contribution is -0.179. The van der Waals surface area contributed by atoms with Crippen molar-refractivity contribution in [3.63, 3.8) is 0 Å². The van der Waals surface area contributed by atoms with Crippen molar-refractivity contribution >= 4 is 12.1 Å². The van der Waals surface area contributed by atoms with Crippen molar-refractivity contribution in [1.82, 2.24) is 0 Å². The van der Waals surface area contributed by atoms with Crippen LogP contribution in [-0.2, 0) is 28.5 Å². The van der Waals surface area contributed by atoms with Crippen molar-refractivity contribution in [2.75, 3.05) is 6.61 Å². The van der Waals surface area contributed by atoms with Gasteiger partial charge in [0.15, 0.2) is 12.2 Å². The summed E-state index contributed by atoms with van der Waals surface area (Å²) in [4.78, 5) is 23.9. The van der Waals surface area contributed by atoms with Gasteiger partial charge in [-0.3, -0.25) is 4.79 Å². The highest BCUT2D eigenvalue weighted by molar-refractivity contribution is 5.75. The van der Waals surface area contributed by atoms with Crippen LogP contribution in [0.1, 0.15) is 47.5 Å². The standard InChI is InChI=1S/C17H26O7/c1-6-16(2,3)14(18)20-8-10-11-13(23-15(19)22-10)12-9(21-11)7-17(4,5)24-12/h9-13H,6-8H2,1-5H3. The first kappa shape index (κ1) is 17.5. The summed E-state index contributed by atoms with van der Waals surface area (Å²) in [5, 5.41) is 0. The molecule has 3 fully saturated rings. The molecule has 3 aliphatic heterocycles. The number of hydrogen-bond acceptors (Lipinski definition) is 7. The third-order valence-electron chi connectivity index (χ3n) is 5.16. The average molecular weight is 342 g/mol. The maximum Gasteiger partial charge on any atom is 0.509 e. The highest BCUT2D eigenvalue weighted by Gasteiger charge is 2.60. The molecule has 136 valence electrons. The molecular weight excluding hydrogens is 316 g/mol. The first-order valence-corrected chi connectivity index (χ1v) is 8.51. The van der Waals surface area contributed by atoms with Gasteiger partial charge in [-0.05, 0) is 34.1 Å². The molecule has 3 aliphatic rings. The fourth-order valence-corrected chi connectivity index (χ4v) is 3.35. The zero-order valence-corrected chi connectivity index (χ0v) is 14.9. The van der Waals surface area contributed by atoms with Crippen LogP contribution in [0.4, 0.5) is 4.79 Å². The van der Waals surface area contributed by atoms with Gasteiger partial charge in [0.2, 0.25) is 0 Å². The van der Waals surface area contributed by atoms with E-state index < -0.39 is 29.9 Å². The van der Waals surface area contributed by atoms with E-state index >= 15 is 0 Å². The van der Waals surface area contributed by atoms with E-state index in [1.54, 1.807) is 0 Å². The molecule has 0 aromatic rings. The van der Waals surface area contributed by atoms with Crippen LogP contribution in [0, 0.1) is 5.41 Å². The van der Waals surface area contributed by atoms with Gasteiger partial charge in [0.05, 0.1) is 17.1 Å². The molecule has 0 aromatic heterocycles. The van der Waals surface area contributed by atoms with E-state index in [9.17, 15) is 9.59 Å². The van der Waals surface area contributed by atoms with E-state index in [0.717, 1.165) is 6.42 Å². The van der Waals surface area contributed by atoms with Crippen LogP contribution < -0.4 is 0 Å². The van der Waals surface area contributed by atoms with Gasteiger partial charge < -0.3 is 23.7 Å². The molecule has 3 rings (SSSR count). The number of cyclic esters (lactones) is 1. The molecule has 0 aromatic carbocycles. The number of rotatable bonds is 4. The van der Waals surface area contributed by atoms with Crippen LogP contribution in [0.25, 0.3) is 0 Å². The predicted molar refractivity (Wildman–Crippen MR) is 82.4 cm³/mol. The Morgan fingerprint density at radius 1 is 1.25 bits per heavy atom. The van der Waals surface area contributed by atoms with Crippen LogP contribution in [-0.4, -0.2) is 54.9 Å². The lowest BCUT2D eigenvalue weighted by Crippen LogP contribution is -2.52. The van der Waals surface area contributed by atoms with E-state index in [0.29, 0.717) is 6.42 Å². The average Bonchev–Trinajstić information content (AvgIpc) is 2.96. The maximum atomic E-state index is 12.1. The minimum absolute atomic E-state index is 0.0403. The van der Waals surface area contributed by atoms with Crippen LogP contribution in [0.2, 0.25) is 0 Å². The van der Waals surface area contributed by atoms with Crippen molar-refractivity contribution in [3.05, 3.63) is 0 Å². The molecule has 0 spiro atoms. The van der Waals surface area contributed by atoms with E-state index in [1.165, 1.54) is 0 Å². The van der Waals surface area contributed by atoms with Gasteiger partial charge in [-0.1, -0.05) is 6.92 Å². The van der Waals surface area contributed by atoms with Crippen LogP contribution in [0.15, 0.2) is 0 Å². The lowest BCUT2D eigenvalue weighted by atomic mass is 9.91. The predicted octanol–water partition coefficient (Wildman–Crippen LogP) is 2.20. The molecule has 7 heteroatoms. The quantitative estimate of drug-likeness (QED) is 0.725. The number of carbonyl (C=O) groups excluding carboxylic acids is 2. The Labute approximate surface area is 141 Å². The topological polar surface area (TPSA) is 80.3 Å². The van der Waals surface area contributed by atoms with E-state index in [4.69, 9.17) is 23.7 Å². The summed E-state index contributed by atoms with van der Waals surface area (Å²) in [6, 6.07) is 0. The zero-order valence-electron chi connectivity index (χ0n) is 14.9. The molecule has 5 unspecified atom stereocenters. The molecule has 0 bridgehead atoms. The molecule has 24 heavy (non-hydrogen) atoms. The zero-order chi connectivity index (χ0) is 17.7. The second kappa shape index (κ2) is 5.88. The van der Waals surface area contributed by atoms with Crippen LogP contribution in [0.5, 0.6) is 0 Å². The van der Waals surface area contributed by atoms with Crippen molar-refractivity contribution in [2.24, 2.45) is 5.41 Å². The summed E-state index contributed by atoms with van der Waals surface area (Å²) in [5.41, 5.74) is -0.882. The van der Waals surface area contributed by atoms with Gasteiger partial charge in [0, 0.05) is 6.42 Å². The summed E-state index contributed by atoms with van der Waals surface area (Å²) in [6.45, 7) is 9.49. The Kier molecular flexibility index (Phi) is 4.28. The normalized spacial score (nSPS) is 37.2. The minimum atomic E-state index is -0.774. The van der Waals surface area contributed by atoms with E-state index in [1.807, 2.05) is 34.6 Å². The van der Waals surface area contributed by atoms with Crippen molar-refractivity contribution in [1.29, 1.82) is 0 Å². The Hall–Kier alpha value is -1.34. The number of hydrogen-bond donors (Lipinski definition) is 0. The van der Waals surface area contributed by atoms with Crippen molar-refractivity contribution < 1.29 is 33.3 Å². The van der Waals surface area contributed by atoms with Crippen molar-refractivity contribution in [3.8, 4) is 0 Å². The third kappa shape index (κ3) is 3.11. The molecule has 0 saturated carbocycles. The molecule has 0 N–H and O–H groups in total. The van der Waals surface area contributed by atoms with Crippen LogP contribution in [0.3, 0.4) is 0 Å². The number of ether oxygens (including phenoxy) is 5. The highest BCUT2D eigenvalue weighted by Crippen LogP contribution is 2.43. The highest BCUT2D eigenvalue weighted by atomic mass is 16.8. The summed E-state index contributed by atoms with van der Waals surface area (Å²) >= 11 is 0. The van der Waals surface area contributed by atoms with Gasteiger partial charge in [-0.15, -0.1) is 0 Å². The first-order chi connectivity index (χ1) is 11.1. The Bertz CT molecular complexity index is 527. The Balaban J connectivity index is 1.66. The third-order valence-corrected chi connectivity index (χ3v) is 5.16. The second-order valence-corrected chi connectivity index (χ2v) is 8.01. The molecular formula is C17H26O7. The van der Waals surface area contributed by atoms with Gasteiger partial charge in [-0.25, -0.2) is 4.79 Å². The number of carbonyl (C=O) groups is 2. The molecule has 7 nitrogen and oxygen atoms in total. The van der Waals surface area contributed by atoms with Crippen LogP contribution >= 0.6 is 0 Å². The maximum absolute atomic E-state index is 12.1. The fourth-order valence-electron chi connectivity index (χ4n) is 3.35. The number of esters is 1. The summed E-state index contributed by atoms with van der Waals surface area (Å²) in [5.74, 6) is -0.320. The van der Waals surface area contributed by atoms with E-state index in [-0.39, 0.29) is 30.4 Å². The molecule has 3 saturated heterocycles. The largest absolute Gasteiger partial charge is 0.509 e. The molecule has 0 radical (unpaired) electrons. The summed E-state index contributed by atoms with van der Waals surface area (Å²) < 4.78 is 27.8. The molecule has 0 amide bonds. The summed E-state index contributed by atoms with van der Waals surface area (Å²) in [6.07, 6.45) is -1.52. The molecule has 5 atom stereocenters. The smallest absolute Gasteiger partial charge is 0.461 e. The van der Waals surface area contributed by atoms with Gasteiger partial charge in [0.1, 0.15) is 18.8 Å². The van der Waals surface area contributed by atoms with E-state index in [2.05, 4.69) is 0 Å². The minimum Gasteiger partial charge on any atom is -0.461 e. The second-order valence-electron chi connectivity index (χ2n) is 8.01. The molecule has 3 heterocycles. The first-order valence-electron chi connectivity index (χ1n) is 8.51. The van der Waals surface area contributed by atoms with Crippen molar-refractivity contribution in [2.45, 2.75) is 83.6 Å². The van der Waals surface area contributed by atoms with Gasteiger partial charge in [-0.2, -0.15) is 0 Å². The number of fused-ring (bicyclic) bond motifs is 3. The molecule has 0 aliphatic carbocycles. The Morgan fingerprint density at radius 2 is 1.96 bits per heavy atom. The SMILES string of the molecule is CCC(C)(C)C(=O)OCC1OC(=O)OC2C1OC1CC(C)(C)OC12. The van der Waals surface area contributed by atoms with Gasteiger partial charge >= 0.3 is 12.1 Å². The van der Waals surface area contributed by atoms with Gasteiger partial charge in [0.25, 0.3) is 0 Å². The summed E-state index contributed by atoms with van der Waals surface area (Å²) in [7, 11) is 0. The fraction of sp³-hybridized carbons (Fsp3) is 0.882. The lowest BCUT2D eigenvalue weighted by Gasteiger charge is -2.34. The Morgan fingerprint density at radius 3 is 2.62 bits per heavy atom. The monoisotopic (exact) mass is 342 g/mol.